The molecule has 0 aliphatic heterocycles. The van der Waals surface area contributed by atoms with Crippen molar-refractivity contribution in [1.82, 2.24) is 4.90 Å². The van der Waals surface area contributed by atoms with Crippen LogP contribution < -0.4 is 15.4 Å². The van der Waals surface area contributed by atoms with Gasteiger partial charge >= 0.3 is 0 Å². The summed E-state index contributed by atoms with van der Waals surface area (Å²) in [4.78, 5) is 17.7. The van der Waals surface area contributed by atoms with Crippen molar-refractivity contribution in [2.24, 2.45) is 0 Å². The van der Waals surface area contributed by atoms with Crippen LogP contribution in [0.25, 0.3) is 0 Å². The highest BCUT2D eigenvalue weighted by molar-refractivity contribution is 6.07. The van der Waals surface area contributed by atoms with Gasteiger partial charge in [0.2, 0.25) is 0 Å². The largest absolute Gasteiger partial charge is 0.495 e. The minimum atomic E-state index is -0.00666. The van der Waals surface area contributed by atoms with Gasteiger partial charge in [0.05, 0.1) is 12.8 Å². The Morgan fingerprint density at radius 1 is 1.00 bits per heavy atom. The molecule has 0 saturated heterocycles. The zero-order chi connectivity index (χ0) is 19.4. The number of hydrogen-bond donors (Lipinski definition) is 1. The molecule has 144 valence electrons. The number of hydrogen-bond acceptors (Lipinski definition) is 4. The summed E-state index contributed by atoms with van der Waals surface area (Å²) in [5.41, 5.74) is 7.99. The van der Waals surface area contributed by atoms with Gasteiger partial charge in [-0.15, -0.1) is 0 Å². The van der Waals surface area contributed by atoms with Crippen molar-refractivity contribution >= 4 is 17.3 Å². The Balaban J connectivity index is 1.90. The number of nitrogens with two attached hydrogens (primary N) is 1. The minimum Gasteiger partial charge on any atom is -0.495 e. The first-order chi connectivity index (χ1) is 13.0. The normalized spacial score (nSPS) is 19.7. The minimum absolute atomic E-state index is 0.00666. The highest BCUT2D eigenvalue weighted by Gasteiger charge is 2.31. The van der Waals surface area contributed by atoms with Gasteiger partial charge in [-0.2, -0.15) is 0 Å². The maximum atomic E-state index is 13.5. The van der Waals surface area contributed by atoms with Gasteiger partial charge in [-0.05, 0) is 70.1 Å². The molecule has 0 unspecified atom stereocenters. The van der Waals surface area contributed by atoms with Crippen molar-refractivity contribution in [1.29, 1.82) is 0 Å². The van der Waals surface area contributed by atoms with E-state index in [9.17, 15) is 4.79 Å². The highest BCUT2D eigenvalue weighted by atomic mass is 16.5. The summed E-state index contributed by atoms with van der Waals surface area (Å²) >= 11 is 0. The average molecular weight is 367 g/mol. The fourth-order valence-electron chi connectivity index (χ4n) is 3.90. The van der Waals surface area contributed by atoms with E-state index in [1.807, 2.05) is 35.2 Å². The third-order valence-electron chi connectivity index (χ3n) is 5.50. The standard InChI is InChI=1S/C22H29N3O2/c1-24(2)17-10-12-19(13-11-17)25(18-7-5-4-6-8-18)22(26)16-9-14-20(23)21(15-16)27-3/h4-9,14-15,17,19H,10-13,23H2,1-3H3. The zero-order valence-electron chi connectivity index (χ0n) is 16.4. The summed E-state index contributed by atoms with van der Waals surface area (Å²) in [6.45, 7) is 0. The Morgan fingerprint density at radius 3 is 2.22 bits per heavy atom. The molecule has 2 aromatic carbocycles. The topological polar surface area (TPSA) is 58.8 Å². The number of nitrogens with zero attached hydrogens (tertiary/aromatic N) is 2. The first kappa shape index (κ1) is 19.2. The number of ether oxygens (including phenoxy) is 1. The number of anilines is 2. The third-order valence-corrected chi connectivity index (χ3v) is 5.50. The Hall–Kier alpha value is -2.53. The molecule has 3 rings (SSSR count). The second-order valence-electron chi connectivity index (χ2n) is 7.39. The molecule has 0 aromatic heterocycles. The van der Waals surface area contributed by atoms with Gasteiger partial charge in [-0.1, -0.05) is 18.2 Å². The molecular weight excluding hydrogens is 338 g/mol. The van der Waals surface area contributed by atoms with E-state index in [1.165, 1.54) is 0 Å². The molecule has 2 N–H and O–H groups in total. The molecule has 0 radical (unpaired) electrons. The van der Waals surface area contributed by atoms with E-state index in [4.69, 9.17) is 10.5 Å². The number of methoxy groups -OCH3 is 1. The highest BCUT2D eigenvalue weighted by Crippen LogP contribution is 2.31. The molecule has 1 saturated carbocycles. The molecule has 0 atom stereocenters. The number of amides is 1. The summed E-state index contributed by atoms with van der Waals surface area (Å²) in [6.07, 6.45) is 4.18. The molecular formula is C22H29N3O2. The lowest BCUT2D eigenvalue weighted by Gasteiger charge is -2.39. The maximum absolute atomic E-state index is 13.5. The number of benzene rings is 2. The average Bonchev–Trinajstić information content (AvgIpc) is 2.69. The summed E-state index contributed by atoms with van der Waals surface area (Å²) < 4.78 is 5.31. The van der Waals surface area contributed by atoms with E-state index in [0.717, 1.165) is 31.4 Å². The zero-order valence-corrected chi connectivity index (χ0v) is 16.4. The lowest BCUT2D eigenvalue weighted by molar-refractivity contribution is 0.0963. The Bertz CT molecular complexity index is 768. The van der Waals surface area contributed by atoms with Crippen LogP contribution in [0.5, 0.6) is 5.75 Å². The Labute approximate surface area is 161 Å². The van der Waals surface area contributed by atoms with Gasteiger partial charge in [0, 0.05) is 23.3 Å². The molecule has 2 aromatic rings. The predicted octanol–water partition coefficient (Wildman–Crippen LogP) is 3.80. The smallest absolute Gasteiger partial charge is 0.258 e. The number of para-hydroxylation sites is 1. The van der Waals surface area contributed by atoms with Gasteiger partial charge in [0.15, 0.2) is 0 Å². The lowest BCUT2D eigenvalue weighted by atomic mass is 9.89. The van der Waals surface area contributed by atoms with Crippen molar-refractivity contribution in [2.75, 3.05) is 31.8 Å². The van der Waals surface area contributed by atoms with Crippen molar-refractivity contribution in [3.05, 3.63) is 54.1 Å². The quantitative estimate of drug-likeness (QED) is 0.817. The van der Waals surface area contributed by atoms with Gasteiger partial charge in [0.25, 0.3) is 5.91 Å². The number of carbonyl (C=O) groups is 1. The Morgan fingerprint density at radius 2 is 1.63 bits per heavy atom. The molecule has 1 fully saturated rings. The molecule has 1 amide bonds. The number of rotatable bonds is 5. The van der Waals surface area contributed by atoms with Crippen molar-refractivity contribution < 1.29 is 9.53 Å². The van der Waals surface area contributed by atoms with Crippen LogP contribution in [0.2, 0.25) is 0 Å². The van der Waals surface area contributed by atoms with Crippen LogP contribution in [0.1, 0.15) is 36.0 Å². The fourth-order valence-corrected chi connectivity index (χ4v) is 3.90. The van der Waals surface area contributed by atoms with Crippen molar-refractivity contribution in [3.63, 3.8) is 0 Å². The molecule has 27 heavy (non-hydrogen) atoms. The molecule has 5 heteroatoms. The van der Waals surface area contributed by atoms with E-state index in [1.54, 1.807) is 25.3 Å². The number of carbonyl (C=O) groups excluding carboxylic acids is 1. The molecule has 5 nitrogen and oxygen atoms in total. The lowest BCUT2D eigenvalue weighted by Crippen LogP contribution is -2.45. The van der Waals surface area contributed by atoms with Crippen LogP contribution in [0.3, 0.4) is 0 Å². The fraction of sp³-hybridized carbons (Fsp3) is 0.409. The van der Waals surface area contributed by atoms with Crippen molar-refractivity contribution in [3.8, 4) is 5.75 Å². The number of nitrogen functional groups attached to an aromatic ring is 1. The maximum Gasteiger partial charge on any atom is 0.258 e. The van der Waals surface area contributed by atoms with Crippen LogP contribution in [0.4, 0.5) is 11.4 Å². The van der Waals surface area contributed by atoms with Crippen LogP contribution in [0.15, 0.2) is 48.5 Å². The van der Waals surface area contributed by atoms with E-state index in [2.05, 4.69) is 19.0 Å². The SMILES string of the molecule is COc1cc(C(=O)N(c2ccccc2)C2CCC(N(C)C)CC2)ccc1N. The summed E-state index contributed by atoms with van der Waals surface area (Å²) in [6, 6.07) is 16.0. The monoisotopic (exact) mass is 367 g/mol. The van der Waals surface area contributed by atoms with Crippen LogP contribution >= 0.6 is 0 Å². The first-order valence-electron chi connectivity index (χ1n) is 9.49. The van der Waals surface area contributed by atoms with E-state index >= 15 is 0 Å². The van der Waals surface area contributed by atoms with E-state index in [0.29, 0.717) is 23.0 Å². The summed E-state index contributed by atoms with van der Waals surface area (Å²) in [5, 5.41) is 0. The third kappa shape index (κ3) is 4.25. The molecule has 1 aliphatic carbocycles. The van der Waals surface area contributed by atoms with E-state index in [-0.39, 0.29) is 11.9 Å². The molecule has 0 spiro atoms. The second kappa shape index (κ2) is 8.44. The van der Waals surface area contributed by atoms with Gasteiger partial charge in [0.1, 0.15) is 5.75 Å². The van der Waals surface area contributed by atoms with Gasteiger partial charge < -0.3 is 20.3 Å². The van der Waals surface area contributed by atoms with Crippen LogP contribution in [0, 0.1) is 0 Å². The van der Waals surface area contributed by atoms with E-state index < -0.39 is 0 Å². The summed E-state index contributed by atoms with van der Waals surface area (Å²) in [7, 11) is 5.83. The second-order valence-corrected chi connectivity index (χ2v) is 7.39. The molecule has 0 heterocycles. The van der Waals surface area contributed by atoms with Crippen molar-refractivity contribution in [2.45, 2.75) is 37.8 Å². The van der Waals surface area contributed by atoms with Crippen LogP contribution in [-0.2, 0) is 0 Å². The Kier molecular flexibility index (Phi) is 6.01. The van der Waals surface area contributed by atoms with Crippen LogP contribution in [-0.4, -0.2) is 44.1 Å². The van der Waals surface area contributed by atoms with Gasteiger partial charge in [-0.3, -0.25) is 4.79 Å². The summed E-state index contributed by atoms with van der Waals surface area (Å²) in [5.74, 6) is 0.526. The van der Waals surface area contributed by atoms with Gasteiger partial charge in [-0.25, -0.2) is 0 Å². The first-order valence-corrected chi connectivity index (χ1v) is 9.49. The molecule has 0 bridgehead atoms. The molecule has 1 aliphatic rings. The predicted molar refractivity (Wildman–Crippen MR) is 110 cm³/mol.